The number of nitrogens with two attached hydrogens (primary N) is 1. The molecule has 3 heteroatoms. The van der Waals surface area contributed by atoms with Crippen molar-refractivity contribution in [3.05, 3.63) is 35.6 Å². The van der Waals surface area contributed by atoms with Crippen molar-refractivity contribution in [3.63, 3.8) is 0 Å². The Balaban J connectivity index is 1.94. The molecule has 1 atom stereocenters. The Morgan fingerprint density at radius 2 is 2.31 bits per heavy atom. The fourth-order valence-electron chi connectivity index (χ4n) is 2.38. The molecule has 1 aliphatic rings. The van der Waals surface area contributed by atoms with Crippen LogP contribution in [0, 0.1) is 11.7 Å². The number of rotatable bonds is 3. The summed E-state index contributed by atoms with van der Waals surface area (Å²) >= 11 is 0. The number of piperidine rings is 1. The van der Waals surface area contributed by atoms with Crippen molar-refractivity contribution >= 4 is 0 Å². The first-order chi connectivity index (χ1) is 7.78. The zero-order valence-electron chi connectivity index (χ0n) is 9.53. The molecule has 0 radical (unpaired) electrons. The lowest BCUT2D eigenvalue weighted by Crippen LogP contribution is -2.37. The Morgan fingerprint density at radius 1 is 1.44 bits per heavy atom. The highest BCUT2D eigenvalue weighted by atomic mass is 19.1. The van der Waals surface area contributed by atoms with Gasteiger partial charge in [-0.25, -0.2) is 4.39 Å². The molecule has 0 saturated carbocycles. The third-order valence-corrected chi connectivity index (χ3v) is 3.23. The van der Waals surface area contributed by atoms with Crippen molar-refractivity contribution in [1.29, 1.82) is 0 Å². The summed E-state index contributed by atoms with van der Waals surface area (Å²) in [6, 6.07) is 6.86. The molecule has 1 fully saturated rings. The molecule has 88 valence electrons. The topological polar surface area (TPSA) is 29.3 Å². The van der Waals surface area contributed by atoms with E-state index in [4.69, 9.17) is 5.73 Å². The zero-order chi connectivity index (χ0) is 11.4. The maximum absolute atomic E-state index is 13.0. The molecule has 1 saturated heterocycles. The summed E-state index contributed by atoms with van der Waals surface area (Å²) in [4.78, 5) is 2.37. The smallest absolute Gasteiger partial charge is 0.123 e. The van der Waals surface area contributed by atoms with E-state index in [1.807, 2.05) is 6.07 Å². The Bertz CT molecular complexity index is 340. The second-order valence-corrected chi connectivity index (χ2v) is 4.61. The molecule has 1 heterocycles. The van der Waals surface area contributed by atoms with Gasteiger partial charge >= 0.3 is 0 Å². The molecule has 0 aliphatic carbocycles. The SMILES string of the molecule is NC[C@H]1CCCN(Cc2cccc(F)c2)C1. The molecule has 2 N–H and O–H groups in total. The monoisotopic (exact) mass is 222 g/mol. The first-order valence-corrected chi connectivity index (χ1v) is 5.95. The van der Waals surface area contributed by atoms with E-state index in [1.165, 1.54) is 18.9 Å². The normalized spacial score (nSPS) is 22.2. The lowest BCUT2D eigenvalue weighted by Gasteiger charge is -2.32. The Morgan fingerprint density at radius 3 is 3.06 bits per heavy atom. The van der Waals surface area contributed by atoms with Gasteiger partial charge in [-0.2, -0.15) is 0 Å². The van der Waals surface area contributed by atoms with E-state index in [9.17, 15) is 4.39 Å². The van der Waals surface area contributed by atoms with Crippen LogP contribution in [0.1, 0.15) is 18.4 Å². The van der Waals surface area contributed by atoms with E-state index in [0.29, 0.717) is 5.92 Å². The van der Waals surface area contributed by atoms with Crippen LogP contribution in [-0.4, -0.2) is 24.5 Å². The molecular formula is C13H19FN2. The zero-order valence-corrected chi connectivity index (χ0v) is 9.53. The van der Waals surface area contributed by atoms with E-state index in [-0.39, 0.29) is 5.82 Å². The lowest BCUT2D eigenvalue weighted by molar-refractivity contribution is 0.171. The number of halogens is 1. The molecule has 2 nitrogen and oxygen atoms in total. The van der Waals surface area contributed by atoms with Gasteiger partial charge < -0.3 is 5.73 Å². The third kappa shape index (κ3) is 3.03. The predicted molar refractivity (Wildman–Crippen MR) is 63.5 cm³/mol. The van der Waals surface area contributed by atoms with Crippen molar-refractivity contribution in [2.75, 3.05) is 19.6 Å². The second-order valence-electron chi connectivity index (χ2n) is 4.61. The van der Waals surface area contributed by atoms with Gasteiger partial charge in [0.15, 0.2) is 0 Å². The van der Waals surface area contributed by atoms with Crippen LogP contribution in [0.25, 0.3) is 0 Å². The van der Waals surface area contributed by atoms with Crippen LogP contribution in [0.5, 0.6) is 0 Å². The average molecular weight is 222 g/mol. The number of benzene rings is 1. The number of likely N-dealkylation sites (tertiary alicyclic amines) is 1. The van der Waals surface area contributed by atoms with E-state index in [0.717, 1.165) is 31.7 Å². The summed E-state index contributed by atoms with van der Waals surface area (Å²) in [5.74, 6) is 0.465. The summed E-state index contributed by atoms with van der Waals surface area (Å²) in [6.07, 6.45) is 2.44. The van der Waals surface area contributed by atoms with Crippen molar-refractivity contribution in [2.24, 2.45) is 11.7 Å². The second kappa shape index (κ2) is 5.41. The number of hydrogen-bond donors (Lipinski definition) is 1. The average Bonchev–Trinajstić information content (AvgIpc) is 2.29. The maximum atomic E-state index is 13.0. The van der Waals surface area contributed by atoms with E-state index in [2.05, 4.69) is 4.90 Å². The van der Waals surface area contributed by atoms with E-state index >= 15 is 0 Å². The third-order valence-electron chi connectivity index (χ3n) is 3.23. The van der Waals surface area contributed by atoms with Crippen molar-refractivity contribution in [1.82, 2.24) is 4.90 Å². The van der Waals surface area contributed by atoms with Gasteiger partial charge in [0.05, 0.1) is 0 Å². The van der Waals surface area contributed by atoms with Crippen LogP contribution in [0.2, 0.25) is 0 Å². The summed E-state index contributed by atoms with van der Waals surface area (Å²) in [5, 5.41) is 0. The van der Waals surface area contributed by atoms with Gasteiger partial charge in [-0.1, -0.05) is 12.1 Å². The Kier molecular flexibility index (Phi) is 3.91. The highest BCUT2D eigenvalue weighted by Crippen LogP contribution is 2.17. The van der Waals surface area contributed by atoms with Gasteiger partial charge in [0.1, 0.15) is 5.82 Å². The molecule has 0 amide bonds. The molecule has 0 spiro atoms. The largest absolute Gasteiger partial charge is 0.330 e. The predicted octanol–water partition coefficient (Wildman–Crippen LogP) is 2.00. The first-order valence-electron chi connectivity index (χ1n) is 5.95. The molecule has 1 aromatic rings. The van der Waals surface area contributed by atoms with Gasteiger partial charge in [0.2, 0.25) is 0 Å². The minimum absolute atomic E-state index is 0.148. The van der Waals surface area contributed by atoms with Crippen LogP contribution in [0.3, 0.4) is 0 Å². The molecule has 1 aliphatic heterocycles. The fourth-order valence-corrected chi connectivity index (χ4v) is 2.38. The molecule has 16 heavy (non-hydrogen) atoms. The summed E-state index contributed by atoms with van der Waals surface area (Å²) < 4.78 is 13.0. The quantitative estimate of drug-likeness (QED) is 0.847. The van der Waals surface area contributed by atoms with Crippen molar-refractivity contribution in [3.8, 4) is 0 Å². The molecule has 0 aromatic heterocycles. The summed E-state index contributed by atoms with van der Waals surface area (Å²) in [6.45, 7) is 3.76. The molecule has 0 bridgehead atoms. The standard InChI is InChI=1S/C13H19FN2/c14-13-5-1-3-11(7-13)9-16-6-2-4-12(8-15)10-16/h1,3,5,7,12H,2,4,6,8-10,15H2/t12-/m1/s1. The van der Waals surface area contributed by atoms with Gasteiger partial charge in [0.25, 0.3) is 0 Å². The Labute approximate surface area is 96.2 Å². The number of hydrogen-bond acceptors (Lipinski definition) is 2. The summed E-state index contributed by atoms with van der Waals surface area (Å²) in [7, 11) is 0. The minimum Gasteiger partial charge on any atom is -0.330 e. The van der Waals surface area contributed by atoms with Crippen LogP contribution in [-0.2, 0) is 6.54 Å². The van der Waals surface area contributed by atoms with Gasteiger partial charge in [0, 0.05) is 13.1 Å². The van der Waals surface area contributed by atoms with Crippen molar-refractivity contribution < 1.29 is 4.39 Å². The molecular weight excluding hydrogens is 203 g/mol. The maximum Gasteiger partial charge on any atom is 0.123 e. The summed E-state index contributed by atoms with van der Waals surface area (Å²) in [5.41, 5.74) is 6.75. The molecule has 0 unspecified atom stereocenters. The van der Waals surface area contributed by atoms with E-state index < -0.39 is 0 Å². The lowest BCUT2D eigenvalue weighted by atomic mass is 9.98. The van der Waals surface area contributed by atoms with Crippen LogP contribution in [0.4, 0.5) is 4.39 Å². The minimum atomic E-state index is -0.148. The van der Waals surface area contributed by atoms with Crippen LogP contribution >= 0.6 is 0 Å². The van der Waals surface area contributed by atoms with Crippen LogP contribution < -0.4 is 5.73 Å². The molecule has 2 rings (SSSR count). The first kappa shape index (κ1) is 11.6. The van der Waals surface area contributed by atoms with Gasteiger partial charge in [-0.15, -0.1) is 0 Å². The highest BCUT2D eigenvalue weighted by Gasteiger charge is 2.18. The fraction of sp³-hybridized carbons (Fsp3) is 0.538. The Hall–Kier alpha value is -0.930. The van der Waals surface area contributed by atoms with Crippen molar-refractivity contribution in [2.45, 2.75) is 19.4 Å². The van der Waals surface area contributed by atoms with Gasteiger partial charge in [-0.3, -0.25) is 4.90 Å². The van der Waals surface area contributed by atoms with Crippen LogP contribution in [0.15, 0.2) is 24.3 Å². The van der Waals surface area contributed by atoms with E-state index in [1.54, 1.807) is 12.1 Å². The number of nitrogens with zero attached hydrogens (tertiary/aromatic N) is 1. The molecule has 1 aromatic carbocycles. The highest BCUT2D eigenvalue weighted by molar-refractivity contribution is 5.16. The van der Waals surface area contributed by atoms with Gasteiger partial charge in [-0.05, 0) is 49.5 Å².